The molecule has 0 bridgehead atoms. The minimum Gasteiger partial charge on any atom is -0.315 e. The Labute approximate surface area is 139 Å². The lowest BCUT2D eigenvalue weighted by Gasteiger charge is -2.15. The van der Waals surface area contributed by atoms with E-state index >= 15 is 0 Å². The van der Waals surface area contributed by atoms with E-state index < -0.39 is 0 Å². The topological polar surface area (TPSA) is 71.8 Å². The molecule has 0 aromatic carbocycles. The molecule has 120 valence electrons. The highest BCUT2D eigenvalue weighted by molar-refractivity contribution is 7.15. The van der Waals surface area contributed by atoms with E-state index in [0.29, 0.717) is 11.7 Å². The van der Waals surface area contributed by atoms with Crippen LogP contribution in [0.5, 0.6) is 0 Å². The van der Waals surface area contributed by atoms with Crippen molar-refractivity contribution >= 4 is 34.8 Å². The molecule has 1 amide bonds. The number of carbonyl (C=O) groups is 1. The molecule has 0 aliphatic carbocycles. The van der Waals surface area contributed by atoms with Gasteiger partial charge in [-0.05, 0) is 19.4 Å². The number of amides is 1. The van der Waals surface area contributed by atoms with Gasteiger partial charge in [0.2, 0.25) is 5.91 Å². The summed E-state index contributed by atoms with van der Waals surface area (Å²) in [7, 11) is 1.89. The first-order valence-corrected chi connectivity index (χ1v) is 7.80. The van der Waals surface area contributed by atoms with Crippen LogP contribution in [0.3, 0.4) is 0 Å². The van der Waals surface area contributed by atoms with Crippen LogP contribution in [-0.4, -0.2) is 33.8 Å². The molecule has 0 spiro atoms. The molecule has 2 N–H and O–H groups in total. The molecule has 8 heteroatoms. The number of aromatic nitrogens is 3. The van der Waals surface area contributed by atoms with E-state index in [2.05, 4.69) is 20.7 Å². The number of thiazole rings is 1. The van der Waals surface area contributed by atoms with Crippen LogP contribution in [0.2, 0.25) is 0 Å². The standard InChI is InChI=1S/C14H19N5OS.ClH/c1-8-9(2)21-14(17-8)18-13(20)12-6-15-5-11(12)10-4-16-19(3)7-10;/h4,7,11-12,15H,5-6H2,1-3H3,(H,17,18,20);1H/t11-,12+;/m1./s1. The van der Waals surface area contributed by atoms with Crippen LogP contribution in [0.4, 0.5) is 5.13 Å². The summed E-state index contributed by atoms with van der Waals surface area (Å²) in [6, 6.07) is 0. The average Bonchev–Trinajstić information content (AvgIpc) is 3.11. The predicted molar refractivity (Wildman–Crippen MR) is 89.8 cm³/mol. The van der Waals surface area contributed by atoms with Gasteiger partial charge in [-0.2, -0.15) is 5.10 Å². The summed E-state index contributed by atoms with van der Waals surface area (Å²) in [6.07, 6.45) is 3.82. The van der Waals surface area contributed by atoms with E-state index in [1.54, 1.807) is 4.68 Å². The monoisotopic (exact) mass is 341 g/mol. The van der Waals surface area contributed by atoms with Crippen molar-refractivity contribution in [1.29, 1.82) is 0 Å². The Hall–Kier alpha value is -1.44. The van der Waals surface area contributed by atoms with Crippen LogP contribution in [0, 0.1) is 19.8 Å². The highest BCUT2D eigenvalue weighted by Gasteiger charge is 2.35. The van der Waals surface area contributed by atoms with E-state index in [1.807, 2.05) is 33.3 Å². The molecule has 1 aliphatic heterocycles. The fourth-order valence-corrected chi connectivity index (χ4v) is 3.48. The first-order valence-electron chi connectivity index (χ1n) is 6.98. The van der Waals surface area contributed by atoms with Gasteiger partial charge in [0.15, 0.2) is 5.13 Å². The van der Waals surface area contributed by atoms with Crippen LogP contribution >= 0.6 is 23.7 Å². The smallest absolute Gasteiger partial charge is 0.231 e. The molecule has 1 fully saturated rings. The molecule has 0 saturated carbocycles. The fraction of sp³-hybridized carbons (Fsp3) is 0.500. The Morgan fingerprint density at radius 3 is 2.82 bits per heavy atom. The fourth-order valence-electron chi connectivity index (χ4n) is 2.66. The summed E-state index contributed by atoms with van der Waals surface area (Å²) in [6.45, 7) is 5.46. The van der Waals surface area contributed by atoms with Gasteiger partial charge in [-0.25, -0.2) is 4.98 Å². The molecule has 3 rings (SSSR count). The maximum Gasteiger partial charge on any atom is 0.231 e. The van der Waals surface area contributed by atoms with Gasteiger partial charge in [0.05, 0.1) is 17.8 Å². The lowest BCUT2D eigenvalue weighted by Crippen LogP contribution is -2.28. The summed E-state index contributed by atoms with van der Waals surface area (Å²) in [5.41, 5.74) is 2.08. The zero-order chi connectivity index (χ0) is 15.0. The summed E-state index contributed by atoms with van der Waals surface area (Å²) in [5, 5.41) is 11.1. The molecule has 1 aliphatic rings. The van der Waals surface area contributed by atoms with Gasteiger partial charge in [-0.1, -0.05) is 0 Å². The van der Waals surface area contributed by atoms with E-state index in [-0.39, 0.29) is 30.2 Å². The van der Waals surface area contributed by atoms with Gasteiger partial charge in [0, 0.05) is 37.1 Å². The van der Waals surface area contributed by atoms with Crippen molar-refractivity contribution in [2.45, 2.75) is 19.8 Å². The number of nitrogens with one attached hydrogen (secondary N) is 2. The number of hydrogen-bond acceptors (Lipinski definition) is 5. The third-order valence-electron chi connectivity index (χ3n) is 3.96. The number of hydrogen-bond donors (Lipinski definition) is 2. The Bertz CT molecular complexity index is 648. The number of halogens is 1. The predicted octanol–water partition coefficient (Wildman–Crippen LogP) is 1.86. The van der Waals surface area contributed by atoms with E-state index in [0.717, 1.165) is 22.7 Å². The lowest BCUT2D eigenvalue weighted by molar-refractivity contribution is -0.119. The first kappa shape index (κ1) is 16.9. The zero-order valence-corrected chi connectivity index (χ0v) is 14.4. The summed E-state index contributed by atoms with van der Waals surface area (Å²) in [4.78, 5) is 18.0. The minimum absolute atomic E-state index is 0. The van der Waals surface area contributed by atoms with Gasteiger partial charge in [-0.3, -0.25) is 9.48 Å². The highest BCUT2D eigenvalue weighted by Crippen LogP contribution is 2.29. The number of nitrogens with zero attached hydrogens (tertiary/aromatic N) is 3. The van der Waals surface area contributed by atoms with Crippen molar-refractivity contribution in [2.75, 3.05) is 18.4 Å². The average molecular weight is 342 g/mol. The van der Waals surface area contributed by atoms with E-state index in [1.165, 1.54) is 11.3 Å². The number of rotatable bonds is 3. The third kappa shape index (κ3) is 3.31. The quantitative estimate of drug-likeness (QED) is 0.893. The van der Waals surface area contributed by atoms with Crippen LogP contribution < -0.4 is 10.6 Å². The Kier molecular flexibility index (Phi) is 5.20. The number of anilines is 1. The maximum absolute atomic E-state index is 12.5. The van der Waals surface area contributed by atoms with Crippen LogP contribution in [0.15, 0.2) is 12.4 Å². The lowest BCUT2D eigenvalue weighted by atomic mass is 9.90. The van der Waals surface area contributed by atoms with Crippen LogP contribution in [-0.2, 0) is 11.8 Å². The number of aryl methyl sites for hydroxylation is 3. The SMILES string of the molecule is Cc1nc(NC(=O)[C@H]2CNC[C@@H]2c2cnn(C)c2)sc1C.Cl. The zero-order valence-electron chi connectivity index (χ0n) is 12.8. The number of carbonyl (C=O) groups excluding carboxylic acids is 1. The van der Waals surface area contributed by atoms with Crippen molar-refractivity contribution < 1.29 is 4.79 Å². The highest BCUT2D eigenvalue weighted by atomic mass is 35.5. The second kappa shape index (κ2) is 6.76. The Balaban J connectivity index is 0.00000176. The largest absolute Gasteiger partial charge is 0.315 e. The Morgan fingerprint density at radius 1 is 1.45 bits per heavy atom. The molecule has 2 aromatic heterocycles. The van der Waals surface area contributed by atoms with Gasteiger partial charge < -0.3 is 10.6 Å². The molecule has 0 radical (unpaired) electrons. The molecule has 3 heterocycles. The van der Waals surface area contributed by atoms with Gasteiger partial charge >= 0.3 is 0 Å². The minimum atomic E-state index is -0.0845. The van der Waals surface area contributed by atoms with E-state index in [4.69, 9.17) is 0 Å². The van der Waals surface area contributed by atoms with Gasteiger partial charge in [0.25, 0.3) is 0 Å². The van der Waals surface area contributed by atoms with Crippen LogP contribution in [0.25, 0.3) is 0 Å². The van der Waals surface area contributed by atoms with E-state index in [9.17, 15) is 4.79 Å². The summed E-state index contributed by atoms with van der Waals surface area (Å²) in [5.74, 6) is 0.113. The molecular formula is C14H20ClN5OS. The van der Waals surface area contributed by atoms with Crippen molar-refractivity contribution in [3.05, 3.63) is 28.5 Å². The molecule has 22 heavy (non-hydrogen) atoms. The van der Waals surface area contributed by atoms with Crippen molar-refractivity contribution in [3.63, 3.8) is 0 Å². The molecule has 6 nitrogen and oxygen atoms in total. The van der Waals surface area contributed by atoms with Crippen LogP contribution in [0.1, 0.15) is 22.1 Å². The first-order chi connectivity index (χ1) is 10.0. The van der Waals surface area contributed by atoms with Crippen molar-refractivity contribution in [3.8, 4) is 0 Å². The second-order valence-corrected chi connectivity index (χ2v) is 6.67. The Morgan fingerprint density at radius 2 is 2.23 bits per heavy atom. The van der Waals surface area contributed by atoms with Crippen molar-refractivity contribution in [1.82, 2.24) is 20.1 Å². The van der Waals surface area contributed by atoms with Gasteiger partial charge in [-0.15, -0.1) is 23.7 Å². The van der Waals surface area contributed by atoms with Gasteiger partial charge in [0.1, 0.15) is 0 Å². The molecule has 2 atom stereocenters. The van der Waals surface area contributed by atoms with Crippen molar-refractivity contribution in [2.24, 2.45) is 13.0 Å². The summed E-state index contributed by atoms with van der Waals surface area (Å²) >= 11 is 1.52. The molecule has 0 unspecified atom stereocenters. The second-order valence-electron chi connectivity index (χ2n) is 5.47. The molecule has 1 saturated heterocycles. The normalized spacial score (nSPS) is 20.7. The molecular weight excluding hydrogens is 322 g/mol. The third-order valence-corrected chi connectivity index (χ3v) is 4.95. The summed E-state index contributed by atoms with van der Waals surface area (Å²) < 4.78 is 1.77. The molecule has 2 aromatic rings. The maximum atomic E-state index is 12.5.